The van der Waals surface area contributed by atoms with Crippen LogP contribution in [0.3, 0.4) is 0 Å². The summed E-state index contributed by atoms with van der Waals surface area (Å²) < 4.78 is 10.0. The van der Waals surface area contributed by atoms with Crippen LogP contribution in [0, 0.1) is 0 Å². The van der Waals surface area contributed by atoms with Crippen LogP contribution in [-0.2, 0) is 16.1 Å². The van der Waals surface area contributed by atoms with E-state index in [2.05, 4.69) is 16.0 Å². The van der Waals surface area contributed by atoms with Crippen molar-refractivity contribution >= 4 is 23.3 Å². The first-order chi connectivity index (χ1) is 12.1. The molecule has 0 fully saturated rings. The largest absolute Gasteiger partial charge is 0.496 e. The molecule has 3 N–H and O–H groups in total. The van der Waals surface area contributed by atoms with Gasteiger partial charge in [0.2, 0.25) is 5.91 Å². The summed E-state index contributed by atoms with van der Waals surface area (Å²) in [7, 11) is 3.03. The van der Waals surface area contributed by atoms with Crippen molar-refractivity contribution in [2.75, 3.05) is 31.5 Å². The molecule has 0 aliphatic heterocycles. The summed E-state index contributed by atoms with van der Waals surface area (Å²) in [6, 6.07) is 14.0. The van der Waals surface area contributed by atoms with E-state index < -0.39 is 0 Å². The molecule has 0 aliphatic rings. The molecule has 2 aromatic rings. The molecule has 0 heterocycles. The average molecular weight is 343 g/mol. The number of carbonyl (C=O) groups excluding carboxylic acids is 2. The minimum absolute atomic E-state index is 0.0307. The van der Waals surface area contributed by atoms with E-state index in [0.29, 0.717) is 23.7 Å². The minimum Gasteiger partial charge on any atom is -0.496 e. The maximum atomic E-state index is 12.1. The lowest BCUT2D eigenvalue weighted by molar-refractivity contribution is -0.119. The Morgan fingerprint density at radius 3 is 2.40 bits per heavy atom. The third-order valence-electron chi connectivity index (χ3n) is 3.31. The molecular weight excluding hydrogens is 322 g/mol. The Labute approximate surface area is 146 Å². The molecule has 0 atom stereocenters. The number of hydrogen-bond donors (Lipinski definition) is 3. The number of benzene rings is 2. The monoisotopic (exact) mass is 343 g/mol. The first kappa shape index (κ1) is 18.3. The van der Waals surface area contributed by atoms with Crippen molar-refractivity contribution in [2.45, 2.75) is 6.54 Å². The molecule has 3 amide bonds. The number of amides is 3. The van der Waals surface area contributed by atoms with Gasteiger partial charge in [-0.2, -0.15) is 0 Å². The van der Waals surface area contributed by atoms with E-state index in [9.17, 15) is 9.59 Å². The van der Waals surface area contributed by atoms with E-state index in [4.69, 9.17) is 9.47 Å². The summed E-state index contributed by atoms with van der Waals surface area (Å²) >= 11 is 0. The maximum Gasteiger partial charge on any atom is 0.319 e. The number of para-hydroxylation sites is 1. The van der Waals surface area contributed by atoms with Crippen molar-refractivity contribution in [1.29, 1.82) is 0 Å². The number of anilines is 2. The molecule has 0 saturated carbocycles. The number of urea groups is 1. The second-order valence-corrected chi connectivity index (χ2v) is 5.18. The van der Waals surface area contributed by atoms with Gasteiger partial charge >= 0.3 is 6.03 Å². The molecular formula is C18H21N3O4. The fraction of sp³-hybridized carbons (Fsp3) is 0.222. The zero-order valence-corrected chi connectivity index (χ0v) is 14.2. The quantitative estimate of drug-likeness (QED) is 0.721. The highest BCUT2D eigenvalue weighted by molar-refractivity contribution is 5.94. The third-order valence-corrected chi connectivity index (χ3v) is 3.31. The Morgan fingerprint density at radius 1 is 0.960 bits per heavy atom. The summed E-state index contributed by atoms with van der Waals surface area (Å²) in [6.07, 6.45) is 0. The molecule has 0 spiro atoms. The van der Waals surface area contributed by atoms with Crippen LogP contribution in [0.2, 0.25) is 0 Å². The normalized spacial score (nSPS) is 10.0. The van der Waals surface area contributed by atoms with Crippen molar-refractivity contribution in [3.63, 3.8) is 0 Å². The van der Waals surface area contributed by atoms with E-state index >= 15 is 0 Å². The van der Waals surface area contributed by atoms with Crippen molar-refractivity contribution in [3.8, 4) is 5.75 Å². The molecule has 0 saturated heterocycles. The van der Waals surface area contributed by atoms with Gasteiger partial charge in [0.1, 0.15) is 12.4 Å². The molecule has 0 aliphatic carbocycles. The van der Waals surface area contributed by atoms with Gasteiger partial charge in [-0.3, -0.25) is 4.79 Å². The Morgan fingerprint density at radius 2 is 1.68 bits per heavy atom. The van der Waals surface area contributed by atoms with Crippen LogP contribution in [0.25, 0.3) is 0 Å². The standard InChI is InChI=1S/C18H21N3O4/c1-24-12-17(22)20-14-7-5-8-15(10-14)21-18(23)19-11-13-6-3-4-9-16(13)25-2/h3-10H,11-12H2,1-2H3,(H,20,22)(H2,19,21,23). The van der Waals surface area contributed by atoms with E-state index in [-0.39, 0.29) is 18.5 Å². The number of nitrogens with one attached hydrogen (secondary N) is 3. The fourth-order valence-corrected chi connectivity index (χ4v) is 2.20. The zero-order valence-electron chi connectivity index (χ0n) is 14.2. The molecule has 132 valence electrons. The Hall–Kier alpha value is -3.06. The molecule has 25 heavy (non-hydrogen) atoms. The van der Waals surface area contributed by atoms with Crippen LogP contribution in [0.5, 0.6) is 5.75 Å². The van der Waals surface area contributed by atoms with Crippen LogP contribution in [0.1, 0.15) is 5.56 Å². The number of rotatable bonds is 7. The summed E-state index contributed by atoms with van der Waals surface area (Å²) in [6.45, 7) is 0.303. The molecule has 2 aromatic carbocycles. The first-order valence-electron chi connectivity index (χ1n) is 7.68. The molecule has 7 heteroatoms. The van der Waals surface area contributed by atoms with Crippen LogP contribution < -0.4 is 20.7 Å². The highest BCUT2D eigenvalue weighted by atomic mass is 16.5. The summed E-state index contributed by atoms with van der Waals surface area (Å²) in [4.78, 5) is 23.6. The summed E-state index contributed by atoms with van der Waals surface area (Å²) in [5.74, 6) is 0.450. The van der Waals surface area contributed by atoms with Crippen molar-refractivity contribution < 1.29 is 19.1 Å². The third kappa shape index (κ3) is 5.82. The van der Waals surface area contributed by atoms with E-state index in [1.807, 2.05) is 24.3 Å². The minimum atomic E-state index is -0.355. The van der Waals surface area contributed by atoms with Gasteiger partial charge < -0.3 is 25.4 Å². The van der Waals surface area contributed by atoms with Gasteiger partial charge in [-0.15, -0.1) is 0 Å². The van der Waals surface area contributed by atoms with Crippen molar-refractivity contribution in [2.24, 2.45) is 0 Å². The molecule has 0 bridgehead atoms. The van der Waals surface area contributed by atoms with Gasteiger partial charge in [0.25, 0.3) is 0 Å². The lowest BCUT2D eigenvalue weighted by atomic mass is 10.2. The van der Waals surface area contributed by atoms with Crippen LogP contribution in [-0.4, -0.2) is 32.8 Å². The number of carbonyl (C=O) groups is 2. The van der Waals surface area contributed by atoms with Crippen LogP contribution in [0.4, 0.5) is 16.2 Å². The van der Waals surface area contributed by atoms with Gasteiger partial charge in [0, 0.05) is 30.6 Å². The van der Waals surface area contributed by atoms with Crippen molar-refractivity contribution in [3.05, 3.63) is 54.1 Å². The average Bonchev–Trinajstić information content (AvgIpc) is 2.60. The topological polar surface area (TPSA) is 88.7 Å². The SMILES string of the molecule is COCC(=O)Nc1cccc(NC(=O)NCc2ccccc2OC)c1. The second kappa shape index (κ2) is 9.29. The van der Waals surface area contributed by atoms with Gasteiger partial charge in [0.15, 0.2) is 0 Å². The lowest BCUT2D eigenvalue weighted by Gasteiger charge is -2.11. The van der Waals surface area contributed by atoms with Crippen LogP contribution in [0.15, 0.2) is 48.5 Å². The predicted octanol–water partition coefficient (Wildman–Crippen LogP) is 2.60. The van der Waals surface area contributed by atoms with E-state index in [1.165, 1.54) is 7.11 Å². The lowest BCUT2D eigenvalue weighted by Crippen LogP contribution is -2.28. The maximum absolute atomic E-state index is 12.1. The number of methoxy groups -OCH3 is 2. The van der Waals surface area contributed by atoms with Gasteiger partial charge in [0.05, 0.1) is 7.11 Å². The highest BCUT2D eigenvalue weighted by Gasteiger charge is 2.06. The molecule has 0 unspecified atom stereocenters. The molecule has 0 aromatic heterocycles. The summed E-state index contributed by atoms with van der Waals surface area (Å²) in [5.41, 5.74) is 2.01. The number of hydrogen-bond acceptors (Lipinski definition) is 4. The van der Waals surface area contributed by atoms with Gasteiger partial charge in [-0.05, 0) is 24.3 Å². The molecule has 0 radical (unpaired) electrons. The molecule has 2 rings (SSSR count). The first-order valence-corrected chi connectivity index (χ1v) is 7.68. The predicted molar refractivity (Wildman–Crippen MR) is 95.8 cm³/mol. The fourth-order valence-electron chi connectivity index (χ4n) is 2.20. The summed E-state index contributed by atoms with van der Waals surface area (Å²) in [5, 5.41) is 8.16. The van der Waals surface area contributed by atoms with E-state index in [1.54, 1.807) is 31.4 Å². The Balaban J connectivity index is 1.91. The van der Waals surface area contributed by atoms with E-state index in [0.717, 1.165) is 5.56 Å². The highest BCUT2D eigenvalue weighted by Crippen LogP contribution is 2.17. The van der Waals surface area contributed by atoms with Crippen LogP contribution >= 0.6 is 0 Å². The zero-order chi connectivity index (χ0) is 18.1. The smallest absolute Gasteiger partial charge is 0.319 e. The van der Waals surface area contributed by atoms with Crippen molar-refractivity contribution in [1.82, 2.24) is 5.32 Å². The molecule has 7 nitrogen and oxygen atoms in total. The Kier molecular flexibility index (Phi) is 6.79. The van der Waals surface area contributed by atoms with Gasteiger partial charge in [-0.1, -0.05) is 24.3 Å². The number of ether oxygens (including phenoxy) is 2. The van der Waals surface area contributed by atoms with Gasteiger partial charge in [-0.25, -0.2) is 4.79 Å². The second-order valence-electron chi connectivity index (χ2n) is 5.18. The Bertz CT molecular complexity index is 734.